The third-order valence-corrected chi connectivity index (χ3v) is 4.11. The summed E-state index contributed by atoms with van der Waals surface area (Å²) < 4.78 is 39.9. The Morgan fingerprint density at radius 2 is 2.00 bits per heavy atom. The first-order chi connectivity index (χ1) is 13.1. The summed E-state index contributed by atoms with van der Waals surface area (Å²) >= 11 is 0. The van der Waals surface area contributed by atoms with Gasteiger partial charge in [-0.15, -0.1) is 0 Å². The second kappa shape index (κ2) is 7.46. The molecule has 0 fully saturated rings. The van der Waals surface area contributed by atoms with Crippen molar-refractivity contribution < 1.29 is 18.0 Å². The summed E-state index contributed by atoms with van der Waals surface area (Å²) in [5.74, 6) is -0.430. The van der Waals surface area contributed by atoms with Gasteiger partial charge >= 0.3 is 6.18 Å². The Hall–Kier alpha value is -3.16. The van der Waals surface area contributed by atoms with Gasteiger partial charge in [-0.25, -0.2) is 9.97 Å². The van der Waals surface area contributed by atoms with Crippen LogP contribution in [0.25, 0.3) is 28.2 Å². The number of carbonyl (C=O) groups is 1. The van der Waals surface area contributed by atoms with Gasteiger partial charge in [-0.2, -0.15) is 13.2 Å². The highest BCUT2D eigenvalue weighted by Gasteiger charge is 2.33. The molecule has 0 radical (unpaired) electrons. The molecular weight excluding hydrogens is 369 g/mol. The summed E-state index contributed by atoms with van der Waals surface area (Å²) in [4.78, 5) is 22.0. The van der Waals surface area contributed by atoms with Crippen molar-refractivity contribution in [3.63, 3.8) is 0 Å². The monoisotopic (exact) mass is 388 g/mol. The quantitative estimate of drug-likeness (QED) is 0.638. The lowest BCUT2D eigenvalue weighted by molar-refractivity contribution is -0.141. The third-order valence-electron chi connectivity index (χ3n) is 4.11. The van der Waals surface area contributed by atoms with Crippen molar-refractivity contribution in [2.75, 3.05) is 0 Å². The molecule has 0 unspecified atom stereocenters. The van der Waals surface area contributed by atoms with Crippen LogP contribution in [0.15, 0.2) is 36.7 Å². The van der Waals surface area contributed by atoms with Crippen LogP contribution in [0.2, 0.25) is 0 Å². The van der Waals surface area contributed by atoms with Crippen molar-refractivity contribution in [3.05, 3.63) is 53.6 Å². The molecule has 3 rings (SSSR count). The van der Waals surface area contributed by atoms with Gasteiger partial charge in [0.1, 0.15) is 11.3 Å². The van der Waals surface area contributed by atoms with Crippen LogP contribution in [-0.2, 0) is 17.4 Å². The zero-order valence-corrected chi connectivity index (χ0v) is 15.3. The zero-order chi connectivity index (χ0) is 20.5. The molecule has 3 aromatic rings. The van der Waals surface area contributed by atoms with Crippen LogP contribution in [0.3, 0.4) is 0 Å². The molecule has 28 heavy (non-hydrogen) atoms. The number of H-pyrrole nitrogens is 1. The SMILES string of the molecule is CC(C)Cc1cc(-c2cnc3[nH]cc(/C=C/C(N)=O)c3c2)cc(C(F)(F)F)n1. The number of aromatic amines is 1. The van der Waals surface area contributed by atoms with Crippen LogP contribution < -0.4 is 5.73 Å². The first kappa shape index (κ1) is 19.6. The number of fused-ring (bicyclic) bond motifs is 1. The maximum atomic E-state index is 13.3. The van der Waals surface area contributed by atoms with Crippen LogP contribution in [0.1, 0.15) is 30.8 Å². The molecular formula is C20H19F3N4O. The molecule has 0 aromatic carbocycles. The summed E-state index contributed by atoms with van der Waals surface area (Å²) in [7, 11) is 0. The summed E-state index contributed by atoms with van der Waals surface area (Å²) in [6, 6.07) is 4.41. The van der Waals surface area contributed by atoms with E-state index >= 15 is 0 Å². The van der Waals surface area contributed by atoms with E-state index in [1.54, 1.807) is 18.3 Å². The highest BCUT2D eigenvalue weighted by molar-refractivity contribution is 5.95. The number of amides is 1. The molecule has 0 atom stereocenters. The van der Waals surface area contributed by atoms with Crippen molar-refractivity contribution in [2.45, 2.75) is 26.4 Å². The molecule has 146 valence electrons. The topological polar surface area (TPSA) is 84.7 Å². The summed E-state index contributed by atoms with van der Waals surface area (Å²) in [5.41, 5.74) is 6.71. The second-order valence-electron chi connectivity index (χ2n) is 6.93. The second-order valence-corrected chi connectivity index (χ2v) is 6.93. The number of hydrogen-bond donors (Lipinski definition) is 2. The van der Waals surface area contributed by atoms with Gasteiger partial charge in [0.2, 0.25) is 5.91 Å². The predicted molar refractivity (Wildman–Crippen MR) is 101 cm³/mol. The predicted octanol–water partition coefficient (Wildman–Crippen LogP) is 4.34. The molecule has 0 bridgehead atoms. The third kappa shape index (κ3) is 4.39. The lowest BCUT2D eigenvalue weighted by Crippen LogP contribution is -2.11. The minimum absolute atomic E-state index is 0.166. The number of halogens is 3. The van der Waals surface area contributed by atoms with Crippen molar-refractivity contribution in [1.29, 1.82) is 0 Å². The molecule has 3 aromatic heterocycles. The van der Waals surface area contributed by atoms with Gasteiger partial charge in [-0.1, -0.05) is 13.8 Å². The lowest BCUT2D eigenvalue weighted by Gasteiger charge is -2.13. The Bertz CT molecular complexity index is 1050. The number of hydrogen-bond acceptors (Lipinski definition) is 3. The fourth-order valence-corrected chi connectivity index (χ4v) is 2.91. The number of primary amides is 1. The van der Waals surface area contributed by atoms with Gasteiger partial charge in [0.25, 0.3) is 0 Å². The molecule has 0 aliphatic carbocycles. The minimum Gasteiger partial charge on any atom is -0.366 e. The maximum absolute atomic E-state index is 13.3. The first-order valence-electron chi connectivity index (χ1n) is 8.66. The van der Waals surface area contributed by atoms with Crippen LogP contribution in [0.4, 0.5) is 13.2 Å². The molecule has 8 heteroatoms. The number of nitrogens with zero attached hydrogens (tertiary/aromatic N) is 2. The molecule has 5 nitrogen and oxygen atoms in total. The fourth-order valence-electron chi connectivity index (χ4n) is 2.91. The Kier molecular flexibility index (Phi) is 5.22. The van der Waals surface area contributed by atoms with Gasteiger partial charge in [0.15, 0.2) is 0 Å². The van der Waals surface area contributed by atoms with Gasteiger partial charge in [-0.3, -0.25) is 4.79 Å². The molecule has 0 aliphatic heterocycles. The van der Waals surface area contributed by atoms with E-state index in [1.165, 1.54) is 18.3 Å². The van der Waals surface area contributed by atoms with Crippen LogP contribution in [0, 0.1) is 5.92 Å². The van der Waals surface area contributed by atoms with Gasteiger partial charge in [0.05, 0.1) is 0 Å². The number of carbonyl (C=O) groups excluding carboxylic acids is 1. The van der Waals surface area contributed by atoms with Crippen LogP contribution >= 0.6 is 0 Å². The highest BCUT2D eigenvalue weighted by atomic mass is 19.4. The van der Waals surface area contributed by atoms with E-state index in [2.05, 4.69) is 15.0 Å². The van der Waals surface area contributed by atoms with Crippen molar-refractivity contribution in [1.82, 2.24) is 15.0 Å². The van der Waals surface area contributed by atoms with Crippen molar-refractivity contribution in [2.24, 2.45) is 11.7 Å². The summed E-state index contributed by atoms with van der Waals surface area (Å²) in [5, 5.41) is 0.672. The number of nitrogens with two attached hydrogens (primary N) is 1. The van der Waals surface area contributed by atoms with E-state index in [1.807, 2.05) is 13.8 Å². The van der Waals surface area contributed by atoms with E-state index < -0.39 is 17.8 Å². The minimum atomic E-state index is -4.54. The molecule has 0 saturated heterocycles. The summed E-state index contributed by atoms with van der Waals surface area (Å²) in [6.45, 7) is 3.85. The average Bonchev–Trinajstić information content (AvgIpc) is 3.00. The number of nitrogens with one attached hydrogen (secondary N) is 1. The molecule has 0 aliphatic rings. The summed E-state index contributed by atoms with van der Waals surface area (Å²) in [6.07, 6.45) is 1.80. The van der Waals surface area contributed by atoms with Crippen LogP contribution in [-0.4, -0.2) is 20.9 Å². The van der Waals surface area contributed by atoms with E-state index in [4.69, 9.17) is 5.73 Å². The van der Waals surface area contributed by atoms with E-state index in [9.17, 15) is 18.0 Å². The van der Waals surface area contributed by atoms with E-state index in [0.29, 0.717) is 39.8 Å². The standard InChI is InChI=1S/C20H19F3N4O/c1-11(2)5-15-6-13(8-17(27-15)20(21,22)23)14-7-16-12(3-4-18(24)28)9-25-19(16)26-10-14/h3-4,6-11H,5H2,1-2H3,(H2,24,28)(H,25,26)/b4-3+. The normalized spacial score (nSPS) is 12.4. The molecule has 3 heterocycles. The number of alkyl halides is 3. The number of aromatic nitrogens is 3. The Morgan fingerprint density at radius 1 is 1.25 bits per heavy atom. The molecule has 3 N–H and O–H groups in total. The van der Waals surface area contributed by atoms with Crippen LogP contribution in [0.5, 0.6) is 0 Å². The Morgan fingerprint density at radius 3 is 2.64 bits per heavy atom. The van der Waals surface area contributed by atoms with Gasteiger partial charge < -0.3 is 10.7 Å². The Balaban J connectivity index is 2.12. The number of pyridine rings is 2. The first-order valence-corrected chi connectivity index (χ1v) is 8.66. The maximum Gasteiger partial charge on any atom is 0.433 e. The highest BCUT2D eigenvalue weighted by Crippen LogP contribution is 2.33. The van der Waals surface area contributed by atoms with Crippen molar-refractivity contribution >= 4 is 23.0 Å². The molecule has 0 spiro atoms. The molecule has 0 saturated carbocycles. The van der Waals surface area contributed by atoms with Crippen molar-refractivity contribution in [3.8, 4) is 11.1 Å². The largest absolute Gasteiger partial charge is 0.433 e. The zero-order valence-electron chi connectivity index (χ0n) is 15.3. The smallest absolute Gasteiger partial charge is 0.366 e. The van der Waals surface area contributed by atoms with E-state index in [0.717, 1.165) is 6.07 Å². The van der Waals surface area contributed by atoms with Gasteiger partial charge in [-0.05, 0) is 42.2 Å². The average molecular weight is 388 g/mol. The Labute approximate surface area is 159 Å². The van der Waals surface area contributed by atoms with E-state index in [-0.39, 0.29) is 5.92 Å². The number of rotatable bonds is 5. The van der Waals surface area contributed by atoms with Gasteiger partial charge in [0, 0.05) is 40.7 Å². The molecule has 1 amide bonds. The lowest BCUT2D eigenvalue weighted by atomic mass is 10.0. The fraction of sp³-hybridized carbons (Fsp3) is 0.250.